The molecule has 1 N–H and O–H groups in total. The Morgan fingerprint density at radius 3 is 2.54 bits per heavy atom. The number of nitrogens with zero attached hydrogens (tertiary/aromatic N) is 4. The number of aromatic nitrogens is 3. The Bertz CT molecular complexity index is 962. The number of rotatable bonds is 4. The van der Waals surface area contributed by atoms with Crippen LogP contribution in [0.15, 0.2) is 36.7 Å². The van der Waals surface area contributed by atoms with Gasteiger partial charge in [-0.3, -0.25) is 4.90 Å². The van der Waals surface area contributed by atoms with E-state index in [0.29, 0.717) is 11.7 Å². The van der Waals surface area contributed by atoms with Crippen molar-refractivity contribution in [3.05, 3.63) is 52.9 Å². The van der Waals surface area contributed by atoms with Gasteiger partial charge in [0.2, 0.25) is 0 Å². The molecule has 3 heterocycles. The van der Waals surface area contributed by atoms with Crippen LogP contribution in [-0.2, 0) is 0 Å². The smallest absolute Gasteiger partial charge is 0.358 e. The number of hydrogen-bond acceptors (Lipinski definition) is 4. The van der Waals surface area contributed by atoms with Crippen molar-refractivity contribution in [2.45, 2.75) is 25.8 Å². The first-order chi connectivity index (χ1) is 12.5. The van der Waals surface area contributed by atoms with Crippen LogP contribution in [0.1, 0.15) is 41.9 Å². The summed E-state index contributed by atoms with van der Waals surface area (Å²) in [6.07, 6.45) is 5.99. The molecule has 1 aliphatic heterocycles. The number of fused-ring (bicyclic) bond motifs is 1. The van der Waals surface area contributed by atoms with Gasteiger partial charge in [0.15, 0.2) is 11.3 Å². The van der Waals surface area contributed by atoms with Crippen LogP contribution < -0.4 is 0 Å². The molecule has 2 aromatic heterocycles. The second-order valence-corrected chi connectivity index (χ2v) is 7.00. The molecule has 0 bridgehead atoms. The lowest BCUT2D eigenvalue weighted by Crippen LogP contribution is -2.23. The summed E-state index contributed by atoms with van der Waals surface area (Å²) >= 11 is 6.04. The van der Waals surface area contributed by atoms with Crippen LogP contribution in [0, 0.1) is 0 Å². The van der Waals surface area contributed by atoms with Gasteiger partial charge in [0, 0.05) is 24.0 Å². The monoisotopic (exact) mass is 370 g/mol. The van der Waals surface area contributed by atoms with Crippen molar-refractivity contribution in [2.75, 3.05) is 13.1 Å². The van der Waals surface area contributed by atoms with Gasteiger partial charge in [-0.15, -0.1) is 0 Å². The molecule has 1 fully saturated rings. The molecule has 1 saturated heterocycles. The normalized spacial score (nSPS) is 16.2. The summed E-state index contributed by atoms with van der Waals surface area (Å²) in [5, 5.41) is 13.2. The Labute approximate surface area is 156 Å². The second kappa shape index (κ2) is 6.70. The molecule has 0 spiro atoms. The summed E-state index contributed by atoms with van der Waals surface area (Å²) in [7, 11) is 0. The van der Waals surface area contributed by atoms with Crippen LogP contribution in [0.25, 0.3) is 16.8 Å². The lowest BCUT2D eigenvalue weighted by molar-refractivity contribution is 0.0690. The Kier molecular flexibility index (Phi) is 4.38. The van der Waals surface area contributed by atoms with Gasteiger partial charge in [-0.2, -0.15) is 5.10 Å². The van der Waals surface area contributed by atoms with E-state index >= 15 is 0 Å². The van der Waals surface area contributed by atoms with Crippen LogP contribution >= 0.6 is 11.6 Å². The van der Waals surface area contributed by atoms with Crippen LogP contribution in [0.3, 0.4) is 0 Å². The number of likely N-dealkylation sites (tertiary alicyclic amines) is 1. The van der Waals surface area contributed by atoms with Gasteiger partial charge in [0.1, 0.15) is 5.02 Å². The molecule has 7 heteroatoms. The third-order valence-electron chi connectivity index (χ3n) is 5.03. The van der Waals surface area contributed by atoms with Gasteiger partial charge < -0.3 is 5.11 Å². The summed E-state index contributed by atoms with van der Waals surface area (Å²) in [6.45, 7) is 4.57. The highest BCUT2D eigenvalue weighted by Crippen LogP contribution is 2.28. The topological polar surface area (TPSA) is 70.7 Å². The fraction of sp³-hybridized carbons (Fsp3) is 0.316. The molecule has 6 nitrogen and oxygen atoms in total. The minimum absolute atomic E-state index is 0.0545. The second-order valence-electron chi connectivity index (χ2n) is 6.62. The zero-order valence-corrected chi connectivity index (χ0v) is 15.1. The lowest BCUT2D eigenvalue weighted by Gasteiger charge is -2.24. The molecule has 0 aliphatic carbocycles. The first kappa shape index (κ1) is 17.0. The van der Waals surface area contributed by atoms with E-state index in [1.807, 2.05) is 0 Å². The predicted molar refractivity (Wildman–Crippen MR) is 99.6 cm³/mol. The molecule has 26 heavy (non-hydrogen) atoms. The highest BCUT2D eigenvalue weighted by molar-refractivity contribution is 6.36. The van der Waals surface area contributed by atoms with Crippen molar-refractivity contribution in [2.24, 2.45) is 0 Å². The van der Waals surface area contributed by atoms with E-state index in [9.17, 15) is 4.79 Å². The molecule has 3 aromatic rings. The van der Waals surface area contributed by atoms with Gasteiger partial charge in [-0.05, 0) is 44.0 Å². The average molecular weight is 371 g/mol. The summed E-state index contributed by atoms with van der Waals surface area (Å²) in [5.41, 5.74) is 3.30. The van der Waals surface area contributed by atoms with Crippen LogP contribution in [0.5, 0.6) is 0 Å². The first-order valence-electron chi connectivity index (χ1n) is 8.66. The third kappa shape index (κ3) is 2.95. The zero-order valence-electron chi connectivity index (χ0n) is 14.4. The quantitative estimate of drug-likeness (QED) is 0.754. The van der Waals surface area contributed by atoms with E-state index in [-0.39, 0.29) is 10.7 Å². The Morgan fingerprint density at radius 2 is 1.88 bits per heavy atom. The summed E-state index contributed by atoms with van der Waals surface area (Å²) in [5.74, 6) is -1.16. The van der Waals surface area contributed by atoms with Crippen molar-refractivity contribution in [3.63, 3.8) is 0 Å². The van der Waals surface area contributed by atoms with Crippen molar-refractivity contribution in [1.82, 2.24) is 19.5 Å². The van der Waals surface area contributed by atoms with Crippen molar-refractivity contribution >= 4 is 23.2 Å². The largest absolute Gasteiger partial charge is 0.476 e. The number of aromatic carboxylic acids is 1. The van der Waals surface area contributed by atoms with E-state index < -0.39 is 5.97 Å². The molecule has 0 unspecified atom stereocenters. The van der Waals surface area contributed by atoms with E-state index in [1.165, 1.54) is 22.9 Å². The molecule has 1 aliphatic rings. The maximum Gasteiger partial charge on any atom is 0.358 e. The number of carbonyl (C=O) groups is 1. The SMILES string of the molecule is C[C@@H](c1ccc(-c2cnc3c(Cl)c(C(=O)O)nn3c2)cc1)N1CCCC1. The molecule has 0 amide bonds. The first-order valence-corrected chi connectivity index (χ1v) is 9.04. The molecular formula is C19H19ClN4O2. The van der Waals surface area contributed by atoms with Gasteiger partial charge in [-0.1, -0.05) is 35.9 Å². The fourth-order valence-corrected chi connectivity index (χ4v) is 3.74. The summed E-state index contributed by atoms with van der Waals surface area (Å²) in [4.78, 5) is 17.9. The minimum atomic E-state index is -1.16. The van der Waals surface area contributed by atoms with Gasteiger partial charge >= 0.3 is 5.97 Å². The molecule has 1 atom stereocenters. The van der Waals surface area contributed by atoms with Crippen LogP contribution in [0.4, 0.5) is 0 Å². The number of hydrogen-bond donors (Lipinski definition) is 1. The fourth-order valence-electron chi connectivity index (χ4n) is 3.49. The molecule has 134 valence electrons. The minimum Gasteiger partial charge on any atom is -0.476 e. The maximum absolute atomic E-state index is 11.2. The Hall–Kier alpha value is -2.44. The van der Waals surface area contributed by atoms with Gasteiger partial charge in [-0.25, -0.2) is 14.3 Å². The summed E-state index contributed by atoms with van der Waals surface area (Å²) < 4.78 is 1.42. The third-order valence-corrected chi connectivity index (χ3v) is 5.38. The lowest BCUT2D eigenvalue weighted by atomic mass is 10.0. The van der Waals surface area contributed by atoms with Crippen molar-refractivity contribution in [3.8, 4) is 11.1 Å². The van der Waals surface area contributed by atoms with Crippen LogP contribution in [0.2, 0.25) is 5.02 Å². The number of halogens is 1. The Morgan fingerprint density at radius 1 is 1.19 bits per heavy atom. The molecule has 0 saturated carbocycles. The van der Waals surface area contributed by atoms with Crippen LogP contribution in [-0.4, -0.2) is 43.7 Å². The molecule has 1 aromatic carbocycles. The van der Waals surface area contributed by atoms with E-state index in [4.69, 9.17) is 16.7 Å². The average Bonchev–Trinajstić information content (AvgIpc) is 3.29. The van der Waals surface area contributed by atoms with Gasteiger partial charge in [0.25, 0.3) is 0 Å². The Balaban J connectivity index is 1.63. The van der Waals surface area contributed by atoms with E-state index in [1.54, 1.807) is 12.4 Å². The van der Waals surface area contributed by atoms with Crippen molar-refractivity contribution < 1.29 is 9.90 Å². The van der Waals surface area contributed by atoms with Gasteiger partial charge in [0.05, 0.1) is 0 Å². The maximum atomic E-state index is 11.2. The van der Waals surface area contributed by atoms with E-state index in [0.717, 1.165) is 24.2 Å². The highest BCUT2D eigenvalue weighted by atomic mass is 35.5. The standard InChI is InChI=1S/C19H19ClN4O2/c1-12(23-8-2-3-9-23)13-4-6-14(7-5-13)15-10-21-18-16(20)17(19(25)26)22-24(18)11-15/h4-7,10-12H,2-3,8-9H2,1H3,(H,25,26)/t12-/m0/s1. The highest BCUT2D eigenvalue weighted by Gasteiger charge is 2.20. The number of carboxylic acids is 1. The molecular weight excluding hydrogens is 352 g/mol. The number of carboxylic acid groups (broad SMARTS) is 1. The zero-order chi connectivity index (χ0) is 18.3. The summed E-state index contributed by atoms with van der Waals surface area (Å²) in [6, 6.07) is 8.82. The van der Waals surface area contributed by atoms with Crippen molar-refractivity contribution in [1.29, 1.82) is 0 Å². The molecule has 4 rings (SSSR count). The van der Waals surface area contributed by atoms with E-state index in [2.05, 4.69) is 46.2 Å². The molecule has 0 radical (unpaired) electrons. The number of benzene rings is 1. The predicted octanol–water partition coefficient (Wildman–Crippen LogP) is 3.90.